The molecule has 1 spiro atoms. The van der Waals surface area contributed by atoms with E-state index in [9.17, 15) is 14.7 Å². The predicted octanol–water partition coefficient (Wildman–Crippen LogP) is 3.47. The fourth-order valence-corrected chi connectivity index (χ4v) is 3.83. The molecule has 1 aromatic carbocycles. The monoisotopic (exact) mass is 316 g/mol. The van der Waals surface area contributed by atoms with Gasteiger partial charge in [0.15, 0.2) is 0 Å². The van der Waals surface area contributed by atoms with Crippen molar-refractivity contribution < 1.29 is 19.4 Å². The molecule has 4 nitrogen and oxygen atoms in total. The van der Waals surface area contributed by atoms with Gasteiger partial charge in [0.1, 0.15) is 5.60 Å². The van der Waals surface area contributed by atoms with E-state index in [-0.39, 0.29) is 30.1 Å². The fourth-order valence-electron chi connectivity index (χ4n) is 3.83. The molecular weight excluding hydrogens is 292 g/mol. The highest BCUT2D eigenvalue weighted by molar-refractivity contribution is 5.73. The summed E-state index contributed by atoms with van der Waals surface area (Å²) in [6.07, 6.45) is 3.64. The lowest BCUT2D eigenvalue weighted by Gasteiger charge is -2.19. The lowest BCUT2D eigenvalue weighted by atomic mass is 9.87. The Labute approximate surface area is 136 Å². The van der Waals surface area contributed by atoms with Gasteiger partial charge in [-0.25, -0.2) is 0 Å². The maximum Gasteiger partial charge on any atom is 0.310 e. The first-order valence-corrected chi connectivity index (χ1v) is 8.24. The second-order valence-corrected chi connectivity index (χ2v) is 7.99. The Morgan fingerprint density at radius 2 is 2.00 bits per heavy atom. The van der Waals surface area contributed by atoms with Gasteiger partial charge in [-0.05, 0) is 62.1 Å². The molecular formula is C19H24O4. The highest BCUT2D eigenvalue weighted by atomic mass is 16.6. The first-order chi connectivity index (χ1) is 10.7. The molecule has 0 amide bonds. The van der Waals surface area contributed by atoms with E-state index in [1.54, 1.807) is 0 Å². The Bertz CT molecular complexity index is 650. The number of rotatable bonds is 4. The summed E-state index contributed by atoms with van der Waals surface area (Å²) in [4.78, 5) is 23.1. The Morgan fingerprint density at radius 3 is 2.57 bits per heavy atom. The van der Waals surface area contributed by atoms with E-state index in [4.69, 9.17) is 4.74 Å². The topological polar surface area (TPSA) is 63.6 Å². The zero-order valence-corrected chi connectivity index (χ0v) is 14.0. The summed E-state index contributed by atoms with van der Waals surface area (Å²) in [5.41, 5.74) is 3.03. The summed E-state index contributed by atoms with van der Waals surface area (Å²) in [5, 5.41) is 9.18. The molecule has 0 radical (unpaired) electrons. The molecule has 124 valence electrons. The van der Waals surface area contributed by atoms with Crippen LogP contribution in [0.5, 0.6) is 0 Å². The average molecular weight is 316 g/mol. The van der Waals surface area contributed by atoms with Crippen LogP contribution in [0.15, 0.2) is 18.2 Å². The van der Waals surface area contributed by atoms with Crippen LogP contribution in [0.25, 0.3) is 0 Å². The minimum Gasteiger partial charge on any atom is -0.481 e. The van der Waals surface area contributed by atoms with Crippen molar-refractivity contribution in [2.75, 3.05) is 0 Å². The summed E-state index contributed by atoms with van der Waals surface area (Å²) < 4.78 is 5.37. The fraction of sp³-hybridized carbons (Fsp3) is 0.579. The third-order valence-corrected chi connectivity index (χ3v) is 4.90. The number of aliphatic carboxylic acids is 1. The van der Waals surface area contributed by atoms with Crippen molar-refractivity contribution in [2.45, 2.75) is 64.4 Å². The van der Waals surface area contributed by atoms with Gasteiger partial charge in [-0.1, -0.05) is 18.2 Å². The molecule has 1 saturated carbocycles. The van der Waals surface area contributed by atoms with Crippen LogP contribution in [-0.4, -0.2) is 22.6 Å². The Balaban J connectivity index is 1.76. The SMILES string of the molecule is CC(C)(C)OC(=O)Cc1ccc2c(c1)CC1(CC1)C2CC(=O)O. The van der Waals surface area contributed by atoms with Crippen LogP contribution in [0, 0.1) is 5.41 Å². The van der Waals surface area contributed by atoms with Crippen molar-refractivity contribution in [2.24, 2.45) is 5.41 Å². The number of benzene rings is 1. The Hall–Kier alpha value is -1.84. The third kappa shape index (κ3) is 3.41. The number of ether oxygens (including phenoxy) is 1. The van der Waals surface area contributed by atoms with Crippen LogP contribution in [0.4, 0.5) is 0 Å². The molecule has 1 atom stereocenters. The maximum absolute atomic E-state index is 12.0. The number of carbonyl (C=O) groups is 2. The van der Waals surface area contributed by atoms with Crippen molar-refractivity contribution in [1.82, 2.24) is 0 Å². The van der Waals surface area contributed by atoms with Gasteiger partial charge in [-0.3, -0.25) is 9.59 Å². The third-order valence-electron chi connectivity index (χ3n) is 4.90. The molecule has 1 unspecified atom stereocenters. The second-order valence-electron chi connectivity index (χ2n) is 7.99. The summed E-state index contributed by atoms with van der Waals surface area (Å²) in [6, 6.07) is 6.04. The highest BCUT2D eigenvalue weighted by Crippen LogP contribution is 2.64. The van der Waals surface area contributed by atoms with E-state index < -0.39 is 11.6 Å². The van der Waals surface area contributed by atoms with E-state index in [1.807, 2.05) is 32.9 Å². The molecule has 0 bridgehead atoms. The quantitative estimate of drug-likeness (QED) is 0.864. The lowest BCUT2D eigenvalue weighted by molar-refractivity contribution is -0.154. The lowest BCUT2D eigenvalue weighted by Crippen LogP contribution is -2.24. The number of hydrogen-bond acceptors (Lipinski definition) is 3. The minimum absolute atomic E-state index is 0.130. The van der Waals surface area contributed by atoms with Crippen molar-refractivity contribution in [3.05, 3.63) is 34.9 Å². The standard InChI is InChI=1S/C19H24O4/c1-18(2,3)23-17(22)9-12-4-5-14-13(8-12)11-19(6-7-19)15(14)10-16(20)21/h4-5,8,15H,6-7,9-11H2,1-3H3,(H,20,21). The predicted molar refractivity (Wildman–Crippen MR) is 86.4 cm³/mol. The first-order valence-electron chi connectivity index (χ1n) is 8.24. The minimum atomic E-state index is -0.730. The largest absolute Gasteiger partial charge is 0.481 e. The zero-order chi connectivity index (χ0) is 16.8. The summed E-state index contributed by atoms with van der Waals surface area (Å²) in [7, 11) is 0. The van der Waals surface area contributed by atoms with E-state index in [1.165, 1.54) is 5.56 Å². The Morgan fingerprint density at radius 1 is 1.30 bits per heavy atom. The normalized spacial score (nSPS) is 21.1. The summed E-state index contributed by atoms with van der Waals surface area (Å²) in [6.45, 7) is 5.59. The van der Waals surface area contributed by atoms with Gasteiger partial charge in [-0.15, -0.1) is 0 Å². The average Bonchev–Trinajstić information content (AvgIpc) is 3.08. The first kappa shape index (κ1) is 16.0. The molecule has 0 heterocycles. The molecule has 1 fully saturated rings. The summed E-state index contributed by atoms with van der Waals surface area (Å²) in [5.74, 6) is -0.823. The van der Waals surface area contributed by atoms with Gasteiger partial charge in [0, 0.05) is 5.92 Å². The number of carbonyl (C=O) groups excluding carboxylic acids is 1. The van der Waals surface area contributed by atoms with Crippen molar-refractivity contribution in [3.63, 3.8) is 0 Å². The molecule has 0 aromatic heterocycles. The second kappa shape index (κ2) is 5.36. The summed E-state index contributed by atoms with van der Waals surface area (Å²) >= 11 is 0. The van der Waals surface area contributed by atoms with Crippen LogP contribution in [0.2, 0.25) is 0 Å². The van der Waals surface area contributed by atoms with Crippen molar-refractivity contribution in [3.8, 4) is 0 Å². The molecule has 2 aliphatic carbocycles. The van der Waals surface area contributed by atoms with Crippen LogP contribution in [0.1, 0.15) is 62.6 Å². The molecule has 0 saturated heterocycles. The van der Waals surface area contributed by atoms with Crippen molar-refractivity contribution in [1.29, 1.82) is 0 Å². The molecule has 1 aromatic rings. The van der Waals surface area contributed by atoms with Gasteiger partial charge in [0.2, 0.25) is 0 Å². The van der Waals surface area contributed by atoms with Gasteiger partial charge in [0.05, 0.1) is 12.8 Å². The Kier molecular flexibility index (Phi) is 3.74. The molecule has 1 N–H and O–H groups in total. The smallest absolute Gasteiger partial charge is 0.310 e. The molecule has 3 rings (SSSR count). The highest BCUT2D eigenvalue weighted by Gasteiger charge is 2.54. The number of carboxylic acids is 1. The number of esters is 1. The van der Waals surface area contributed by atoms with E-state index in [0.29, 0.717) is 0 Å². The van der Waals surface area contributed by atoms with Gasteiger partial charge in [0.25, 0.3) is 0 Å². The van der Waals surface area contributed by atoms with Crippen LogP contribution in [-0.2, 0) is 27.2 Å². The zero-order valence-electron chi connectivity index (χ0n) is 14.0. The van der Waals surface area contributed by atoms with E-state index >= 15 is 0 Å². The van der Waals surface area contributed by atoms with Crippen molar-refractivity contribution >= 4 is 11.9 Å². The van der Waals surface area contributed by atoms with Gasteiger partial charge in [-0.2, -0.15) is 0 Å². The molecule has 0 aliphatic heterocycles. The molecule has 23 heavy (non-hydrogen) atoms. The van der Waals surface area contributed by atoms with Gasteiger partial charge >= 0.3 is 11.9 Å². The van der Waals surface area contributed by atoms with Gasteiger partial charge < -0.3 is 9.84 Å². The number of fused-ring (bicyclic) bond motifs is 1. The van der Waals surface area contributed by atoms with E-state index in [0.717, 1.165) is 30.4 Å². The maximum atomic E-state index is 12.0. The van der Waals surface area contributed by atoms with Crippen LogP contribution < -0.4 is 0 Å². The van der Waals surface area contributed by atoms with Crippen LogP contribution >= 0.6 is 0 Å². The number of carboxylic acid groups (broad SMARTS) is 1. The van der Waals surface area contributed by atoms with E-state index in [2.05, 4.69) is 6.07 Å². The molecule has 4 heteroatoms. The number of hydrogen-bond donors (Lipinski definition) is 1. The van der Waals surface area contributed by atoms with Crippen LogP contribution in [0.3, 0.4) is 0 Å². The molecule has 2 aliphatic rings.